The van der Waals surface area contributed by atoms with Gasteiger partial charge in [0.25, 0.3) is 0 Å². The van der Waals surface area contributed by atoms with Crippen LogP contribution in [0, 0.1) is 11.8 Å². The summed E-state index contributed by atoms with van der Waals surface area (Å²) in [5.41, 5.74) is 5.70. The van der Waals surface area contributed by atoms with Crippen LogP contribution in [0.3, 0.4) is 0 Å². The Bertz CT molecular complexity index is 253. The molecule has 1 aliphatic carbocycles. The summed E-state index contributed by atoms with van der Waals surface area (Å²) in [6, 6.07) is 0. The summed E-state index contributed by atoms with van der Waals surface area (Å²) < 4.78 is 0. The fourth-order valence-corrected chi connectivity index (χ4v) is 2.44. The molecular weight excluding hydrogens is 200 g/mol. The Morgan fingerprint density at radius 1 is 1.31 bits per heavy atom. The summed E-state index contributed by atoms with van der Waals surface area (Å²) in [6.45, 7) is 9.17. The third kappa shape index (κ3) is 2.95. The number of amides is 1. The lowest BCUT2D eigenvalue weighted by Gasteiger charge is -2.26. The van der Waals surface area contributed by atoms with E-state index in [-0.39, 0.29) is 11.8 Å². The van der Waals surface area contributed by atoms with Crippen molar-refractivity contribution >= 4 is 5.91 Å². The number of rotatable bonds is 6. The smallest absolute Gasteiger partial charge is 0.226 e. The molecule has 16 heavy (non-hydrogen) atoms. The first kappa shape index (κ1) is 13.0. The van der Waals surface area contributed by atoms with Gasteiger partial charge in [0.2, 0.25) is 5.91 Å². The minimum atomic E-state index is 0.116. The average molecular weight is 222 g/mol. The van der Waals surface area contributed by atoms with Gasteiger partial charge in [0.15, 0.2) is 0 Å². The molecule has 1 rings (SSSR count). The zero-order valence-corrected chi connectivity index (χ0v) is 9.90. The molecule has 0 radical (unpaired) electrons. The van der Waals surface area contributed by atoms with Crippen LogP contribution in [0.1, 0.15) is 19.3 Å². The second kappa shape index (κ2) is 6.48. The average Bonchev–Trinajstić information content (AvgIpc) is 2.75. The van der Waals surface area contributed by atoms with Gasteiger partial charge in [-0.05, 0) is 25.3 Å². The van der Waals surface area contributed by atoms with Crippen LogP contribution in [0.2, 0.25) is 0 Å². The highest BCUT2D eigenvalue weighted by Crippen LogP contribution is 2.32. The van der Waals surface area contributed by atoms with Crippen molar-refractivity contribution < 1.29 is 4.79 Å². The molecule has 0 bridgehead atoms. The zero-order chi connectivity index (χ0) is 12.0. The van der Waals surface area contributed by atoms with Crippen molar-refractivity contribution in [3.63, 3.8) is 0 Å². The van der Waals surface area contributed by atoms with Crippen molar-refractivity contribution in [3.05, 3.63) is 25.3 Å². The Balaban J connectivity index is 2.64. The summed E-state index contributed by atoms with van der Waals surface area (Å²) in [6.07, 6.45) is 6.70. The molecular formula is C13H22N2O. The van der Waals surface area contributed by atoms with E-state index in [9.17, 15) is 4.79 Å². The molecule has 90 valence electrons. The van der Waals surface area contributed by atoms with Crippen molar-refractivity contribution in [2.45, 2.75) is 19.3 Å². The molecule has 1 saturated carbocycles. The molecule has 0 heterocycles. The van der Waals surface area contributed by atoms with E-state index in [1.807, 2.05) is 0 Å². The lowest BCUT2D eigenvalue weighted by Crippen LogP contribution is -2.39. The van der Waals surface area contributed by atoms with Crippen molar-refractivity contribution in [2.24, 2.45) is 17.6 Å². The maximum absolute atomic E-state index is 12.3. The summed E-state index contributed by atoms with van der Waals surface area (Å²) in [4.78, 5) is 14.1. The summed E-state index contributed by atoms with van der Waals surface area (Å²) in [5.74, 6) is 0.697. The highest BCUT2D eigenvalue weighted by Gasteiger charge is 2.33. The highest BCUT2D eigenvalue weighted by atomic mass is 16.2. The van der Waals surface area contributed by atoms with E-state index in [0.717, 1.165) is 19.3 Å². The predicted molar refractivity (Wildman–Crippen MR) is 66.9 cm³/mol. The van der Waals surface area contributed by atoms with Gasteiger partial charge in [0.05, 0.1) is 0 Å². The molecule has 1 amide bonds. The van der Waals surface area contributed by atoms with Crippen molar-refractivity contribution in [2.75, 3.05) is 19.6 Å². The maximum Gasteiger partial charge on any atom is 0.226 e. The first-order chi connectivity index (χ1) is 7.74. The SMILES string of the molecule is C=CCN(CC=C)C(=O)[C@@H]1CCC[C@@H]1CN. The van der Waals surface area contributed by atoms with Gasteiger partial charge in [-0.1, -0.05) is 18.6 Å². The number of carbonyl (C=O) groups excluding carboxylic acids is 1. The van der Waals surface area contributed by atoms with Gasteiger partial charge in [-0.25, -0.2) is 0 Å². The van der Waals surface area contributed by atoms with E-state index < -0.39 is 0 Å². The number of hydrogen-bond donors (Lipinski definition) is 1. The predicted octanol–water partition coefficient (Wildman–Crippen LogP) is 1.56. The summed E-state index contributed by atoms with van der Waals surface area (Å²) in [5, 5.41) is 0. The van der Waals surface area contributed by atoms with Crippen molar-refractivity contribution in [1.29, 1.82) is 0 Å². The molecule has 1 fully saturated rings. The second-order valence-electron chi connectivity index (χ2n) is 4.35. The third-order valence-corrected chi connectivity index (χ3v) is 3.29. The molecule has 0 aromatic rings. The normalized spacial score (nSPS) is 24.1. The summed E-state index contributed by atoms with van der Waals surface area (Å²) in [7, 11) is 0. The van der Waals surface area contributed by atoms with Crippen LogP contribution in [-0.2, 0) is 4.79 Å². The monoisotopic (exact) mass is 222 g/mol. The minimum absolute atomic E-state index is 0.116. The molecule has 2 atom stereocenters. The van der Waals surface area contributed by atoms with E-state index in [1.165, 1.54) is 0 Å². The van der Waals surface area contributed by atoms with E-state index in [1.54, 1.807) is 17.1 Å². The zero-order valence-electron chi connectivity index (χ0n) is 9.90. The van der Waals surface area contributed by atoms with Gasteiger partial charge in [0, 0.05) is 19.0 Å². The van der Waals surface area contributed by atoms with Crippen LogP contribution in [0.25, 0.3) is 0 Å². The van der Waals surface area contributed by atoms with Crippen LogP contribution >= 0.6 is 0 Å². The van der Waals surface area contributed by atoms with E-state index in [4.69, 9.17) is 5.73 Å². The van der Waals surface area contributed by atoms with Gasteiger partial charge in [-0.3, -0.25) is 4.79 Å². The number of hydrogen-bond acceptors (Lipinski definition) is 2. The first-order valence-corrected chi connectivity index (χ1v) is 5.95. The second-order valence-corrected chi connectivity index (χ2v) is 4.35. The number of nitrogens with zero attached hydrogens (tertiary/aromatic N) is 1. The Morgan fingerprint density at radius 2 is 1.94 bits per heavy atom. The maximum atomic E-state index is 12.3. The topological polar surface area (TPSA) is 46.3 Å². The third-order valence-electron chi connectivity index (χ3n) is 3.29. The number of carbonyl (C=O) groups is 1. The largest absolute Gasteiger partial charge is 0.335 e. The molecule has 2 N–H and O–H groups in total. The van der Waals surface area contributed by atoms with Crippen LogP contribution in [-0.4, -0.2) is 30.4 Å². The Morgan fingerprint density at radius 3 is 2.44 bits per heavy atom. The van der Waals surface area contributed by atoms with Crippen LogP contribution < -0.4 is 5.73 Å². The molecule has 0 spiro atoms. The molecule has 3 heteroatoms. The van der Waals surface area contributed by atoms with E-state index in [2.05, 4.69) is 13.2 Å². The Labute approximate surface area is 98.0 Å². The van der Waals surface area contributed by atoms with E-state index >= 15 is 0 Å². The fraction of sp³-hybridized carbons (Fsp3) is 0.615. The van der Waals surface area contributed by atoms with Crippen LogP contribution in [0.15, 0.2) is 25.3 Å². The fourth-order valence-electron chi connectivity index (χ4n) is 2.44. The van der Waals surface area contributed by atoms with Crippen LogP contribution in [0.5, 0.6) is 0 Å². The Kier molecular flexibility index (Phi) is 5.26. The highest BCUT2D eigenvalue weighted by molar-refractivity contribution is 5.79. The van der Waals surface area contributed by atoms with Gasteiger partial charge >= 0.3 is 0 Å². The molecule has 0 saturated heterocycles. The van der Waals surface area contributed by atoms with E-state index in [0.29, 0.717) is 25.6 Å². The molecule has 0 aliphatic heterocycles. The van der Waals surface area contributed by atoms with Crippen molar-refractivity contribution in [1.82, 2.24) is 4.90 Å². The molecule has 0 aromatic heterocycles. The van der Waals surface area contributed by atoms with Gasteiger partial charge in [-0.2, -0.15) is 0 Å². The van der Waals surface area contributed by atoms with Gasteiger partial charge in [0.1, 0.15) is 0 Å². The first-order valence-electron chi connectivity index (χ1n) is 5.95. The number of nitrogens with two attached hydrogens (primary N) is 1. The van der Waals surface area contributed by atoms with Gasteiger partial charge < -0.3 is 10.6 Å². The van der Waals surface area contributed by atoms with Gasteiger partial charge in [-0.15, -0.1) is 13.2 Å². The molecule has 0 aromatic carbocycles. The lowest BCUT2D eigenvalue weighted by molar-refractivity contribution is -0.135. The molecule has 3 nitrogen and oxygen atoms in total. The van der Waals surface area contributed by atoms with Crippen LogP contribution in [0.4, 0.5) is 0 Å². The standard InChI is InChI=1S/C13H22N2O/c1-3-8-15(9-4-2)13(16)12-7-5-6-11(12)10-14/h3-4,11-12H,1-2,5-10,14H2/t11-,12-/m1/s1. The molecule has 0 unspecified atom stereocenters. The Hall–Kier alpha value is -1.09. The molecule has 1 aliphatic rings. The minimum Gasteiger partial charge on any atom is -0.335 e. The van der Waals surface area contributed by atoms with Crippen molar-refractivity contribution in [3.8, 4) is 0 Å². The summed E-state index contributed by atoms with van der Waals surface area (Å²) >= 11 is 0. The quantitative estimate of drug-likeness (QED) is 0.693. The lowest BCUT2D eigenvalue weighted by atomic mass is 9.94.